The van der Waals surface area contributed by atoms with E-state index in [2.05, 4.69) is 11.9 Å². The minimum Gasteiger partial charge on any atom is -0.390 e. The molecule has 1 atom stereocenters. The van der Waals surface area contributed by atoms with Crippen molar-refractivity contribution in [1.29, 1.82) is 0 Å². The number of aliphatic hydroxyl groups is 1. The van der Waals surface area contributed by atoms with E-state index >= 15 is 0 Å². The van der Waals surface area contributed by atoms with Gasteiger partial charge in [-0.15, -0.1) is 0 Å². The number of pyridine rings is 1. The highest BCUT2D eigenvalue weighted by atomic mass is 16.3. The molecule has 0 spiro atoms. The van der Waals surface area contributed by atoms with Crippen LogP contribution in [0.3, 0.4) is 0 Å². The summed E-state index contributed by atoms with van der Waals surface area (Å²) in [6.45, 7) is 2.14. The van der Waals surface area contributed by atoms with E-state index in [0.29, 0.717) is 5.69 Å². The zero-order chi connectivity index (χ0) is 10.4. The average molecular weight is 194 g/mol. The lowest BCUT2D eigenvalue weighted by atomic mass is 10.0. The number of hydrogen-bond acceptors (Lipinski definition) is 3. The molecule has 0 aliphatic heterocycles. The van der Waals surface area contributed by atoms with E-state index in [1.165, 1.54) is 0 Å². The Balaban J connectivity index is 2.57. The van der Waals surface area contributed by atoms with E-state index in [-0.39, 0.29) is 12.6 Å². The highest BCUT2D eigenvalue weighted by Gasteiger charge is 2.05. The lowest BCUT2D eigenvalue weighted by molar-refractivity contribution is 0.277. The van der Waals surface area contributed by atoms with Crippen LogP contribution < -0.4 is 5.73 Å². The summed E-state index contributed by atoms with van der Waals surface area (Å²) < 4.78 is 0. The smallest absolute Gasteiger partial charge is 0.0852 e. The van der Waals surface area contributed by atoms with Gasteiger partial charge in [-0.2, -0.15) is 0 Å². The SMILES string of the molecule is CCCCC(N)c1ccc(CO)nc1. The van der Waals surface area contributed by atoms with Crippen LogP contribution in [-0.4, -0.2) is 10.1 Å². The number of nitrogens with zero attached hydrogens (tertiary/aromatic N) is 1. The van der Waals surface area contributed by atoms with Crippen LogP contribution in [0.4, 0.5) is 0 Å². The monoisotopic (exact) mass is 194 g/mol. The summed E-state index contributed by atoms with van der Waals surface area (Å²) in [4.78, 5) is 4.10. The molecule has 78 valence electrons. The Bertz CT molecular complexity index is 258. The van der Waals surface area contributed by atoms with Gasteiger partial charge in [0, 0.05) is 12.2 Å². The molecule has 0 fully saturated rings. The largest absolute Gasteiger partial charge is 0.390 e. The Kier molecular flexibility index (Phi) is 4.56. The predicted molar refractivity (Wildman–Crippen MR) is 56.6 cm³/mol. The second-order valence-corrected chi connectivity index (χ2v) is 3.49. The third-order valence-electron chi connectivity index (χ3n) is 2.31. The van der Waals surface area contributed by atoms with Crippen LogP contribution in [0.2, 0.25) is 0 Å². The van der Waals surface area contributed by atoms with Crippen molar-refractivity contribution in [3.8, 4) is 0 Å². The van der Waals surface area contributed by atoms with Crippen molar-refractivity contribution in [1.82, 2.24) is 4.98 Å². The topological polar surface area (TPSA) is 59.1 Å². The number of rotatable bonds is 5. The van der Waals surface area contributed by atoms with Crippen molar-refractivity contribution >= 4 is 0 Å². The maximum Gasteiger partial charge on any atom is 0.0852 e. The van der Waals surface area contributed by atoms with E-state index < -0.39 is 0 Å². The van der Waals surface area contributed by atoms with Crippen LogP contribution in [0.5, 0.6) is 0 Å². The molecule has 1 unspecified atom stereocenters. The molecule has 1 heterocycles. The van der Waals surface area contributed by atoms with Crippen molar-refractivity contribution in [2.75, 3.05) is 0 Å². The van der Waals surface area contributed by atoms with Gasteiger partial charge in [-0.05, 0) is 18.1 Å². The van der Waals surface area contributed by atoms with E-state index in [1.54, 1.807) is 6.20 Å². The number of unbranched alkanes of at least 4 members (excludes halogenated alkanes) is 1. The first-order valence-corrected chi connectivity index (χ1v) is 5.09. The predicted octanol–water partition coefficient (Wildman–Crippen LogP) is 1.76. The Labute approximate surface area is 85.0 Å². The lowest BCUT2D eigenvalue weighted by Crippen LogP contribution is -2.10. The van der Waals surface area contributed by atoms with E-state index in [4.69, 9.17) is 10.8 Å². The molecule has 3 N–H and O–H groups in total. The quantitative estimate of drug-likeness (QED) is 0.751. The standard InChI is InChI=1S/C11H18N2O/c1-2-3-4-11(12)9-5-6-10(8-14)13-7-9/h5-7,11,14H,2-4,8,12H2,1H3. The van der Waals surface area contributed by atoms with E-state index in [1.807, 2.05) is 12.1 Å². The van der Waals surface area contributed by atoms with Crippen LogP contribution in [0.25, 0.3) is 0 Å². The molecule has 1 aromatic rings. The zero-order valence-electron chi connectivity index (χ0n) is 8.61. The third kappa shape index (κ3) is 3.09. The maximum absolute atomic E-state index is 8.81. The van der Waals surface area contributed by atoms with Crippen molar-refractivity contribution in [3.05, 3.63) is 29.6 Å². The summed E-state index contributed by atoms with van der Waals surface area (Å²) in [6.07, 6.45) is 5.06. The number of nitrogens with two attached hydrogens (primary N) is 1. The van der Waals surface area contributed by atoms with E-state index in [0.717, 1.165) is 24.8 Å². The van der Waals surface area contributed by atoms with Gasteiger partial charge in [0.1, 0.15) is 0 Å². The Morgan fingerprint density at radius 3 is 2.79 bits per heavy atom. The Morgan fingerprint density at radius 2 is 2.29 bits per heavy atom. The molecule has 0 aromatic carbocycles. The van der Waals surface area contributed by atoms with Crippen LogP contribution >= 0.6 is 0 Å². The van der Waals surface area contributed by atoms with Crippen LogP contribution in [-0.2, 0) is 6.61 Å². The van der Waals surface area contributed by atoms with Gasteiger partial charge in [-0.25, -0.2) is 0 Å². The molecule has 14 heavy (non-hydrogen) atoms. The molecule has 0 radical (unpaired) electrons. The molecule has 1 rings (SSSR count). The normalized spacial score (nSPS) is 12.8. The Morgan fingerprint density at radius 1 is 1.50 bits per heavy atom. The van der Waals surface area contributed by atoms with Crippen molar-refractivity contribution in [2.24, 2.45) is 5.73 Å². The second kappa shape index (κ2) is 5.73. The molecular weight excluding hydrogens is 176 g/mol. The van der Waals surface area contributed by atoms with E-state index in [9.17, 15) is 0 Å². The minimum absolute atomic E-state index is 0.00945. The van der Waals surface area contributed by atoms with Crippen molar-refractivity contribution < 1.29 is 5.11 Å². The van der Waals surface area contributed by atoms with Crippen LogP contribution in [0.15, 0.2) is 18.3 Å². The minimum atomic E-state index is -0.00945. The highest BCUT2D eigenvalue weighted by molar-refractivity contribution is 5.16. The van der Waals surface area contributed by atoms with Gasteiger partial charge in [-0.3, -0.25) is 4.98 Å². The first-order chi connectivity index (χ1) is 6.77. The zero-order valence-corrected chi connectivity index (χ0v) is 8.61. The van der Waals surface area contributed by atoms with Gasteiger partial charge in [-0.1, -0.05) is 25.8 Å². The fourth-order valence-electron chi connectivity index (χ4n) is 1.34. The molecule has 3 heteroatoms. The summed E-state index contributed by atoms with van der Waals surface area (Å²) in [6, 6.07) is 3.84. The molecule has 0 amide bonds. The highest BCUT2D eigenvalue weighted by Crippen LogP contribution is 2.15. The summed E-state index contributed by atoms with van der Waals surface area (Å²) in [5.74, 6) is 0. The third-order valence-corrected chi connectivity index (χ3v) is 2.31. The van der Waals surface area contributed by atoms with Gasteiger partial charge in [0.05, 0.1) is 12.3 Å². The van der Waals surface area contributed by atoms with Gasteiger partial charge < -0.3 is 10.8 Å². The Hall–Kier alpha value is -0.930. The van der Waals surface area contributed by atoms with Crippen molar-refractivity contribution in [3.63, 3.8) is 0 Å². The maximum atomic E-state index is 8.81. The number of hydrogen-bond donors (Lipinski definition) is 2. The molecule has 1 aromatic heterocycles. The molecular formula is C11H18N2O. The summed E-state index contributed by atoms with van der Waals surface area (Å²) >= 11 is 0. The first-order valence-electron chi connectivity index (χ1n) is 5.09. The lowest BCUT2D eigenvalue weighted by Gasteiger charge is -2.10. The molecule has 0 aliphatic carbocycles. The van der Waals surface area contributed by atoms with Crippen LogP contribution in [0, 0.1) is 0 Å². The molecule has 3 nitrogen and oxygen atoms in total. The van der Waals surface area contributed by atoms with Gasteiger partial charge in [0.15, 0.2) is 0 Å². The fraction of sp³-hybridized carbons (Fsp3) is 0.545. The summed E-state index contributed by atoms with van der Waals surface area (Å²) in [5, 5.41) is 8.81. The fourth-order valence-corrected chi connectivity index (χ4v) is 1.34. The molecule has 0 saturated heterocycles. The second-order valence-electron chi connectivity index (χ2n) is 3.49. The van der Waals surface area contributed by atoms with Gasteiger partial charge >= 0.3 is 0 Å². The average Bonchev–Trinajstić information content (AvgIpc) is 2.26. The van der Waals surface area contributed by atoms with Crippen molar-refractivity contribution in [2.45, 2.75) is 38.8 Å². The molecule has 0 saturated carbocycles. The number of aliphatic hydroxyl groups excluding tert-OH is 1. The van der Waals surface area contributed by atoms with Gasteiger partial charge in [0.2, 0.25) is 0 Å². The van der Waals surface area contributed by atoms with Crippen LogP contribution in [0.1, 0.15) is 43.5 Å². The summed E-state index contributed by atoms with van der Waals surface area (Å²) in [5.41, 5.74) is 7.71. The first kappa shape index (κ1) is 11.1. The molecule has 0 bridgehead atoms. The van der Waals surface area contributed by atoms with Gasteiger partial charge in [0.25, 0.3) is 0 Å². The number of aromatic nitrogens is 1. The summed E-state index contributed by atoms with van der Waals surface area (Å²) in [7, 11) is 0. The molecule has 0 aliphatic rings.